The molecule has 0 bridgehead atoms. The Morgan fingerprint density at radius 2 is 2.57 bits per heavy atom. The molecular weight excluding hydrogens is 92.1 g/mol. The average Bonchev–Trinajstić information content (AvgIpc) is 2.14. The smallest absolute Gasteiger partial charge is 0.106 e. The van der Waals surface area contributed by atoms with Gasteiger partial charge in [0.05, 0.1) is 0 Å². The maximum Gasteiger partial charge on any atom is 0.106 e. The fourth-order valence-corrected chi connectivity index (χ4v) is 0.729. The summed E-state index contributed by atoms with van der Waals surface area (Å²) in [6.07, 6.45) is 0.920. The second-order valence-corrected chi connectivity index (χ2v) is 1.75. The Bertz CT molecular complexity index is 68.1. The van der Waals surface area contributed by atoms with E-state index in [1.54, 1.807) is 0 Å². The highest BCUT2D eigenvalue weighted by atomic mass is 16.3. The summed E-state index contributed by atoms with van der Waals surface area (Å²) < 4.78 is 0. The van der Waals surface area contributed by atoms with E-state index in [1.165, 1.54) is 0 Å². The van der Waals surface area contributed by atoms with E-state index < -0.39 is 0 Å². The van der Waals surface area contributed by atoms with Crippen molar-refractivity contribution in [1.29, 1.82) is 0 Å². The third kappa shape index (κ3) is 0.962. The zero-order valence-electron chi connectivity index (χ0n) is 4.05. The molecule has 40 valence electrons. The lowest BCUT2D eigenvalue weighted by Crippen LogP contribution is -2.10. The SMILES string of the molecule is O=N[C@H]1CCNC1. The third-order valence-electron chi connectivity index (χ3n) is 1.18. The van der Waals surface area contributed by atoms with Crippen LogP contribution in [0.4, 0.5) is 0 Å². The van der Waals surface area contributed by atoms with E-state index in [1.807, 2.05) is 0 Å². The van der Waals surface area contributed by atoms with Crippen LogP contribution < -0.4 is 5.32 Å². The predicted octanol–water partition coefficient (Wildman–Crippen LogP) is 0.115. The number of nitrogens with zero attached hydrogens (tertiary/aromatic N) is 1. The molecule has 1 aliphatic rings. The molecule has 0 aromatic rings. The van der Waals surface area contributed by atoms with Crippen molar-refractivity contribution in [2.45, 2.75) is 12.5 Å². The highest BCUT2D eigenvalue weighted by molar-refractivity contribution is 4.75. The highest BCUT2D eigenvalue weighted by Gasteiger charge is 2.12. The minimum Gasteiger partial charge on any atom is -0.314 e. The Balaban J connectivity index is 2.26. The Morgan fingerprint density at radius 3 is 2.86 bits per heavy atom. The normalized spacial score (nSPS) is 30.6. The fraction of sp³-hybridized carbons (Fsp3) is 1.00. The van der Waals surface area contributed by atoms with Gasteiger partial charge in [0.15, 0.2) is 0 Å². The zero-order chi connectivity index (χ0) is 5.11. The molecule has 1 fully saturated rings. The summed E-state index contributed by atoms with van der Waals surface area (Å²) in [5.41, 5.74) is 0. The zero-order valence-corrected chi connectivity index (χ0v) is 4.05. The van der Waals surface area contributed by atoms with Gasteiger partial charge in [-0.15, -0.1) is 0 Å². The van der Waals surface area contributed by atoms with Crippen LogP contribution in [-0.4, -0.2) is 19.1 Å². The Kier molecular flexibility index (Phi) is 1.36. The van der Waals surface area contributed by atoms with Crippen molar-refractivity contribution in [1.82, 2.24) is 5.32 Å². The lowest BCUT2D eigenvalue weighted by Gasteiger charge is -1.88. The first-order valence-electron chi connectivity index (χ1n) is 2.46. The molecule has 3 nitrogen and oxygen atoms in total. The van der Waals surface area contributed by atoms with Crippen molar-refractivity contribution in [3.63, 3.8) is 0 Å². The van der Waals surface area contributed by atoms with E-state index in [2.05, 4.69) is 10.5 Å². The van der Waals surface area contributed by atoms with Crippen molar-refractivity contribution >= 4 is 0 Å². The molecule has 3 heteroatoms. The van der Waals surface area contributed by atoms with Gasteiger partial charge in [-0.2, -0.15) is 4.91 Å². The maximum absolute atomic E-state index is 9.72. The molecule has 0 aromatic carbocycles. The number of nitroso groups, excluding NO2 is 1. The van der Waals surface area contributed by atoms with Crippen LogP contribution in [0, 0.1) is 4.91 Å². The summed E-state index contributed by atoms with van der Waals surface area (Å²) in [5.74, 6) is 0. The highest BCUT2D eigenvalue weighted by Crippen LogP contribution is 1.99. The van der Waals surface area contributed by atoms with Crippen molar-refractivity contribution in [2.75, 3.05) is 13.1 Å². The average molecular weight is 100 g/mol. The first-order chi connectivity index (χ1) is 3.43. The molecule has 7 heavy (non-hydrogen) atoms. The molecule has 1 saturated heterocycles. The molecule has 0 aliphatic carbocycles. The lowest BCUT2D eigenvalue weighted by atomic mass is 10.3. The minimum absolute atomic E-state index is 0.0556. The molecule has 0 spiro atoms. The molecule has 0 aromatic heterocycles. The molecule has 1 N–H and O–H groups in total. The third-order valence-corrected chi connectivity index (χ3v) is 1.18. The van der Waals surface area contributed by atoms with E-state index >= 15 is 0 Å². The predicted molar refractivity (Wildman–Crippen MR) is 27.1 cm³/mol. The van der Waals surface area contributed by atoms with Gasteiger partial charge < -0.3 is 5.32 Å². The largest absolute Gasteiger partial charge is 0.314 e. The van der Waals surface area contributed by atoms with Crippen molar-refractivity contribution in [3.05, 3.63) is 4.91 Å². The fourth-order valence-electron chi connectivity index (χ4n) is 0.729. The van der Waals surface area contributed by atoms with E-state index in [9.17, 15) is 4.91 Å². The molecule has 1 heterocycles. The van der Waals surface area contributed by atoms with Gasteiger partial charge >= 0.3 is 0 Å². The van der Waals surface area contributed by atoms with Crippen LogP contribution in [0.2, 0.25) is 0 Å². The van der Waals surface area contributed by atoms with E-state index in [0.717, 1.165) is 19.5 Å². The molecule has 0 saturated carbocycles. The standard InChI is InChI=1S/C4H8N2O/c7-6-4-1-2-5-3-4/h4-5H,1-3H2/t4-/m0/s1. The summed E-state index contributed by atoms with van der Waals surface area (Å²) in [7, 11) is 0. The van der Waals surface area contributed by atoms with Crippen molar-refractivity contribution < 1.29 is 0 Å². The Morgan fingerprint density at radius 1 is 1.71 bits per heavy atom. The van der Waals surface area contributed by atoms with E-state index in [4.69, 9.17) is 0 Å². The maximum atomic E-state index is 9.72. The summed E-state index contributed by atoms with van der Waals surface area (Å²) in [6, 6.07) is 0.0556. The van der Waals surface area contributed by atoms with Gasteiger partial charge in [0.1, 0.15) is 6.04 Å². The first-order valence-corrected chi connectivity index (χ1v) is 2.46. The van der Waals surface area contributed by atoms with E-state index in [-0.39, 0.29) is 6.04 Å². The molecule has 0 unspecified atom stereocenters. The monoisotopic (exact) mass is 100 g/mol. The van der Waals surface area contributed by atoms with Crippen LogP contribution in [0.15, 0.2) is 5.18 Å². The van der Waals surface area contributed by atoms with Gasteiger partial charge in [0.25, 0.3) is 0 Å². The van der Waals surface area contributed by atoms with Gasteiger partial charge in [0, 0.05) is 6.54 Å². The summed E-state index contributed by atoms with van der Waals surface area (Å²) >= 11 is 0. The van der Waals surface area contributed by atoms with Crippen LogP contribution in [0.1, 0.15) is 6.42 Å². The van der Waals surface area contributed by atoms with Crippen LogP contribution in [-0.2, 0) is 0 Å². The second-order valence-electron chi connectivity index (χ2n) is 1.75. The Hall–Kier alpha value is -0.440. The van der Waals surface area contributed by atoms with Crippen molar-refractivity contribution in [2.24, 2.45) is 5.18 Å². The van der Waals surface area contributed by atoms with Gasteiger partial charge in [-0.3, -0.25) is 0 Å². The van der Waals surface area contributed by atoms with Gasteiger partial charge in [-0.1, -0.05) is 5.18 Å². The summed E-state index contributed by atoms with van der Waals surface area (Å²) in [4.78, 5) is 9.72. The van der Waals surface area contributed by atoms with Crippen LogP contribution >= 0.6 is 0 Å². The van der Waals surface area contributed by atoms with Gasteiger partial charge in [0.2, 0.25) is 0 Å². The Labute approximate surface area is 42.1 Å². The molecule has 0 amide bonds. The van der Waals surface area contributed by atoms with Gasteiger partial charge in [-0.05, 0) is 13.0 Å². The molecule has 1 rings (SSSR count). The minimum atomic E-state index is 0.0556. The summed E-state index contributed by atoms with van der Waals surface area (Å²) in [5, 5.41) is 5.90. The molecular formula is C4H8N2O. The quantitative estimate of drug-likeness (QED) is 0.475. The first kappa shape index (κ1) is 4.71. The van der Waals surface area contributed by atoms with Crippen LogP contribution in [0.3, 0.4) is 0 Å². The topological polar surface area (TPSA) is 41.5 Å². The van der Waals surface area contributed by atoms with Gasteiger partial charge in [-0.25, -0.2) is 0 Å². The number of rotatable bonds is 1. The van der Waals surface area contributed by atoms with Crippen LogP contribution in [0.25, 0.3) is 0 Å². The molecule has 1 atom stereocenters. The van der Waals surface area contributed by atoms with Crippen LogP contribution in [0.5, 0.6) is 0 Å². The summed E-state index contributed by atoms with van der Waals surface area (Å²) in [6.45, 7) is 1.74. The number of nitrogens with one attached hydrogen (secondary N) is 1. The molecule has 1 aliphatic heterocycles. The number of hydrogen-bond acceptors (Lipinski definition) is 3. The molecule has 0 radical (unpaired) electrons. The van der Waals surface area contributed by atoms with Crippen molar-refractivity contribution in [3.8, 4) is 0 Å². The number of hydrogen-bond donors (Lipinski definition) is 1. The second kappa shape index (κ2) is 2.02. The lowest BCUT2D eigenvalue weighted by molar-refractivity contribution is 0.738. The van der Waals surface area contributed by atoms with E-state index in [0.29, 0.717) is 0 Å².